The molecule has 96 valence electrons. The minimum Gasteiger partial charge on any atom is -0.507 e. The second kappa shape index (κ2) is 5.41. The highest BCUT2D eigenvalue weighted by atomic mass is 32.2. The van der Waals surface area contributed by atoms with Gasteiger partial charge in [0.25, 0.3) is 0 Å². The van der Waals surface area contributed by atoms with Crippen LogP contribution in [0.5, 0.6) is 11.5 Å². The van der Waals surface area contributed by atoms with Gasteiger partial charge in [-0.15, -0.1) is 0 Å². The van der Waals surface area contributed by atoms with Crippen LogP contribution >= 0.6 is 12.0 Å². The molecule has 18 heavy (non-hydrogen) atoms. The first kappa shape index (κ1) is 12.9. The number of ketones is 1. The molecule has 1 atom stereocenters. The summed E-state index contributed by atoms with van der Waals surface area (Å²) in [5.74, 6) is -0.0335. The summed E-state index contributed by atoms with van der Waals surface area (Å²) in [6, 6.07) is 3.08. The lowest BCUT2D eigenvalue weighted by Gasteiger charge is -2.24. The van der Waals surface area contributed by atoms with Crippen molar-refractivity contribution in [3.8, 4) is 11.5 Å². The van der Waals surface area contributed by atoms with Gasteiger partial charge in [-0.05, 0) is 12.1 Å². The van der Waals surface area contributed by atoms with Crippen molar-refractivity contribution in [1.82, 2.24) is 0 Å². The van der Waals surface area contributed by atoms with Gasteiger partial charge in [-0.25, -0.2) is 0 Å². The van der Waals surface area contributed by atoms with Gasteiger partial charge in [0.1, 0.15) is 29.5 Å². The zero-order chi connectivity index (χ0) is 13.1. The second-order valence-corrected chi connectivity index (χ2v) is 4.81. The molecule has 1 N–H and O–H groups in total. The molecule has 0 saturated heterocycles. The fourth-order valence-corrected chi connectivity index (χ4v) is 2.37. The topological polar surface area (TPSA) is 72.8 Å². The van der Waals surface area contributed by atoms with Gasteiger partial charge < -0.3 is 18.8 Å². The van der Waals surface area contributed by atoms with E-state index in [0.29, 0.717) is 10.6 Å². The van der Waals surface area contributed by atoms with Crippen LogP contribution in [0.15, 0.2) is 17.0 Å². The van der Waals surface area contributed by atoms with E-state index in [1.54, 1.807) is 6.07 Å². The lowest BCUT2D eigenvalue weighted by atomic mass is 9.98. The van der Waals surface area contributed by atoms with Crippen molar-refractivity contribution >= 4 is 24.1 Å². The van der Waals surface area contributed by atoms with Crippen LogP contribution in [0.2, 0.25) is 0 Å². The van der Waals surface area contributed by atoms with Crippen LogP contribution < -0.4 is 4.74 Å². The maximum atomic E-state index is 11.9. The fraction of sp³-hybridized carbons (Fsp3) is 0.333. The number of aldehydes is 1. The van der Waals surface area contributed by atoms with Gasteiger partial charge in [0.15, 0.2) is 5.78 Å². The standard InChI is InChI=1S/C12H12O5S/c1-16-18-8-5-10(15)12-9(14)4-7(2-3-13)17-11(12)6-8/h3,5-7,15H,2,4H2,1H3. The van der Waals surface area contributed by atoms with Crippen molar-refractivity contribution in [3.05, 3.63) is 17.7 Å². The van der Waals surface area contributed by atoms with Gasteiger partial charge in [-0.1, -0.05) is 0 Å². The Morgan fingerprint density at radius 1 is 1.61 bits per heavy atom. The largest absolute Gasteiger partial charge is 0.507 e. The predicted octanol–water partition coefficient (Wildman–Crippen LogP) is 1.97. The first-order valence-corrected chi connectivity index (χ1v) is 6.11. The molecule has 1 heterocycles. The lowest BCUT2D eigenvalue weighted by molar-refractivity contribution is -0.109. The smallest absolute Gasteiger partial charge is 0.174 e. The summed E-state index contributed by atoms with van der Waals surface area (Å²) in [6.45, 7) is 0. The Morgan fingerprint density at radius 2 is 2.39 bits per heavy atom. The molecule has 1 aliphatic heterocycles. The van der Waals surface area contributed by atoms with Crippen LogP contribution in [0, 0.1) is 0 Å². The van der Waals surface area contributed by atoms with Crippen molar-refractivity contribution in [2.75, 3.05) is 7.11 Å². The highest BCUT2D eigenvalue weighted by Crippen LogP contribution is 2.38. The summed E-state index contributed by atoms with van der Waals surface area (Å²) in [6.07, 6.45) is 0.532. The van der Waals surface area contributed by atoms with E-state index in [2.05, 4.69) is 0 Å². The molecule has 0 fully saturated rings. The molecular formula is C12H12O5S. The fourth-order valence-electron chi connectivity index (χ4n) is 1.86. The van der Waals surface area contributed by atoms with Crippen molar-refractivity contribution in [1.29, 1.82) is 0 Å². The normalized spacial score (nSPS) is 18.1. The summed E-state index contributed by atoms with van der Waals surface area (Å²) >= 11 is 1.06. The van der Waals surface area contributed by atoms with E-state index in [4.69, 9.17) is 8.92 Å². The molecule has 1 unspecified atom stereocenters. The molecule has 1 aromatic rings. The number of hydrogen-bond acceptors (Lipinski definition) is 6. The summed E-state index contributed by atoms with van der Waals surface area (Å²) in [7, 11) is 1.50. The number of rotatable bonds is 4. The SMILES string of the molecule is COSc1cc(O)c2c(c1)OC(CC=O)CC2=O. The zero-order valence-electron chi connectivity index (χ0n) is 9.71. The van der Waals surface area contributed by atoms with Crippen molar-refractivity contribution in [3.63, 3.8) is 0 Å². The van der Waals surface area contributed by atoms with Crippen molar-refractivity contribution in [2.45, 2.75) is 23.8 Å². The first-order chi connectivity index (χ1) is 8.65. The van der Waals surface area contributed by atoms with E-state index in [0.717, 1.165) is 18.3 Å². The molecule has 0 spiro atoms. The minimum absolute atomic E-state index is 0.107. The average molecular weight is 268 g/mol. The maximum absolute atomic E-state index is 11.9. The Morgan fingerprint density at radius 3 is 3.06 bits per heavy atom. The summed E-state index contributed by atoms with van der Waals surface area (Å²) in [4.78, 5) is 23.0. The highest BCUT2D eigenvalue weighted by Gasteiger charge is 2.29. The molecule has 5 nitrogen and oxygen atoms in total. The molecular weight excluding hydrogens is 256 g/mol. The van der Waals surface area contributed by atoms with E-state index in [1.807, 2.05) is 0 Å². The highest BCUT2D eigenvalue weighted by molar-refractivity contribution is 7.94. The second-order valence-electron chi connectivity index (χ2n) is 3.84. The Kier molecular flexibility index (Phi) is 3.88. The average Bonchev–Trinajstić information content (AvgIpc) is 2.28. The molecule has 1 aliphatic rings. The Hall–Kier alpha value is -1.53. The molecule has 2 rings (SSSR count). The summed E-state index contributed by atoms with van der Waals surface area (Å²) in [5, 5.41) is 9.81. The first-order valence-electron chi connectivity index (χ1n) is 5.37. The molecule has 6 heteroatoms. The molecule has 0 bridgehead atoms. The van der Waals surface area contributed by atoms with E-state index < -0.39 is 6.10 Å². The van der Waals surface area contributed by atoms with Crippen LogP contribution in [-0.4, -0.2) is 30.4 Å². The molecule has 0 radical (unpaired) electrons. The number of aromatic hydroxyl groups is 1. The van der Waals surface area contributed by atoms with Gasteiger partial charge in [-0.3, -0.25) is 4.79 Å². The summed E-state index contributed by atoms with van der Waals surface area (Å²) in [5.41, 5.74) is 0.178. The number of phenols is 1. The lowest BCUT2D eigenvalue weighted by Crippen LogP contribution is -2.27. The van der Waals surface area contributed by atoms with Gasteiger partial charge in [0.2, 0.25) is 0 Å². The van der Waals surface area contributed by atoms with Crippen molar-refractivity contribution < 1.29 is 23.6 Å². The minimum atomic E-state index is -0.454. The van der Waals surface area contributed by atoms with Gasteiger partial charge in [0.05, 0.1) is 7.11 Å². The number of fused-ring (bicyclic) bond motifs is 1. The molecule has 0 saturated carbocycles. The predicted molar refractivity (Wildman–Crippen MR) is 65.0 cm³/mol. The van der Waals surface area contributed by atoms with Gasteiger partial charge in [0, 0.05) is 29.8 Å². The third-order valence-corrected chi connectivity index (χ3v) is 3.17. The number of phenolic OH excluding ortho intramolecular Hbond substituents is 1. The van der Waals surface area contributed by atoms with Crippen LogP contribution in [-0.2, 0) is 8.98 Å². The Balaban J connectivity index is 2.37. The van der Waals surface area contributed by atoms with Crippen LogP contribution in [0.3, 0.4) is 0 Å². The van der Waals surface area contributed by atoms with Gasteiger partial charge in [-0.2, -0.15) is 0 Å². The van der Waals surface area contributed by atoms with Gasteiger partial charge >= 0.3 is 0 Å². The number of ether oxygens (including phenoxy) is 1. The summed E-state index contributed by atoms with van der Waals surface area (Å²) < 4.78 is 10.4. The third-order valence-electron chi connectivity index (χ3n) is 2.58. The number of Topliss-reactive ketones (excluding diaryl/α,β-unsaturated/α-hetero) is 1. The number of hydrogen-bond donors (Lipinski definition) is 1. The molecule has 0 aliphatic carbocycles. The Labute approximate surface area is 108 Å². The van der Waals surface area contributed by atoms with Crippen molar-refractivity contribution in [2.24, 2.45) is 0 Å². The number of carbonyl (C=O) groups is 2. The van der Waals surface area contributed by atoms with Crippen LogP contribution in [0.4, 0.5) is 0 Å². The quantitative estimate of drug-likeness (QED) is 0.665. The molecule has 0 amide bonds. The van der Waals surface area contributed by atoms with Crippen LogP contribution in [0.1, 0.15) is 23.2 Å². The van der Waals surface area contributed by atoms with E-state index in [9.17, 15) is 14.7 Å². The monoisotopic (exact) mass is 268 g/mol. The maximum Gasteiger partial charge on any atom is 0.174 e. The molecule has 1 aromatic carbocycles. The number of carbonyl (C=O) groups excluding carboxylic acids is 2. The van der Waals surface area contributed by atoms with E-state index in [-0.39, 0.29) is 29.9 Å². The van der Waals surface area contributed by atoms with Crippen LogP contribution in [0.25, 0.3) is 0 Å². The van der Waals surface area contributed by atoms with E-state index in [1.165, 1.54) is 13.2 Å². The Bertz CT molecular complexity index is 486. The van der Waals surface area contributed by atoms with E-state index >= 15 is 0 Å². The zero-order valence-corrected chi connectivity index (χ0v) is 10.5. The third kappa shape index (κ3) is 2.49. The molecule has 0 aromatic heterocycles. The number of benzene rings is 1.